The van der Waals surface area contributed by atoms with Crippen molar-refractivity contribution in [3.8, 4) is 11.8 Å². The largest absolute Gasteiger partial charge is 0.483 e. The minimum absolute atomic E-state index is 0.109. The van der Waals surface area contributed by atoms with Gasteiger partial charge in [-0.05, 0) is 66.9 Å². The van der Waals surface area contributed by atoms with Crippen LogP contribution in [-0.2, 0) is 16.1 Å². The average molecular weight is 474 g/mol. The van der Waals surface area contributed by atoms with Crippen molar-refractivity contribution in [2.45, 2.75) is 20.4 Å². The Morgan fingerprint density at radius 1 is 1.03 bits per heavy atom. The van der Waals surface area contributed by atoms with Gasteiger partial charge in [0.2, 0.25) is 0 Å². The summed E-state index contributed by atoms with van der Waals surface area (Å²) in [5.41, 5.74) is 4.09. The highest BCUT2D eigenvalue weighted by Gasteiger charge is 2.13. The lowest BCUT2D eigenvalue weighted by molar-refractivity contribution is -0.118. The van der Waals surface area contributed by atoms with Gasteiger partial charge in [0.1, 0.15) is 17.4 Å². The molecule has 3 rings (SSSR count). The molecule has 7 heteroatoms. The van der Waals surface area contributed by atoms with Crippen LogP contribution in [0.5, 0.6) is 5.75 Å². The van der Waals surface area contributed by atoms with Gasteiger partial charge in [0.05, 0.1) is 0 Å². The Morgan fingerprint density at radius 2 is 1.79 bits per heavy atom. The zero-order valence-electron chi connectivity index (χ0n) is 18.9. The molecule has 172 valence electrons. The maximum Gasteiger partial charge on any atom is 0.262 e. The van der Waals surface area contributed by atoms with E-state index in [9.17, 15) is 14.9 Å². The molecule has 34 heavy (non-hydrogen) atoms. The van der Waals surface area contributed by atoms with Gasteiger partial charge < -0.3 is 15.4 Å². The predicted octanol–water partition coefficient (Wildman–Crippen LogP) is 5.20. The number of ether oxygens (including phenoxy) is 1. The van der Waals surface area contributed by atoms with E-state index in [-0.39, 0.29) is 24.6 Å². The highest BCUT2D eigenvalue weighted by atomic mass is 35.5. The Balaban J connectivity index is 1.69. The molecule has 3 aromatic carbocycles. The summed E-state index contributed by atoms with van der Waals surface area (Å²) >= 11 is 6.11. The summed E-state index contributed by atoms with van der Waals surface area (Å²) in [7, 11) is 0. The molecule has 0 saturated heterocycles. The van der Waals surface area contributed by atoms with Gasteiger partial charge in [0.15, 0.2) is 6.61 Å². The molecule has 0 radical (unpaired) electrons. The predicted molar refractivity (Wildman–Crippen MR) is 133 cm³/mol. The number of hydrogen-bond acceptors (Lipinski definition) is 4. The van der Waals surface area contributed by atoms with Gasteiger partial charge in [-0.15, -0.1) is 0 Å². The van der Waals surface area contributed by atoms with Crippen molar-refractivity contribution in [1.29, 1.82) is 5.26 Å². The van der Waals surface area contributed by atoms with E-state index in [1.807, 2.05) is 68.4 Å². The Hall–Kier alpha value is -4.08. The molecule has 0 aromatic heterocycles. The van der Waals surface area contributed by atoms with Gasteiger partial charge in [-0.1, -0.05) is 48.0 Å². The van der Waals surface area contributed by atoms with E-state index in [1.54, 1.807) is 18.2 Å². The molecule has 0 aliphatic carbocycles. The first-order valence-electron chi connectivity index (χ1n) is 10.6. The van der Waals surface area contributed by atoms with Gasteiger partial charge in [0, 0.05) is 22.8 Å². The smallest absolute Gasteiger partial charge is 0.262 e. The minimum Gasteiger partial charge on any atom is -0.483 e. The van der Waals surface area contributed by atoms with Crippen molar-refractivity contribution in [2.75, 3.05) is 11.9 Å². The topological polar surface area (TPSA) is 91.2 Å². The zero-order valence-corrected chi connectivity index (χ0v) is 19.6. The summed E-state index contributed by atoms with van der Waals surface area (Å²) in [6.45, 7) is 4.00. The molecule has 0 aliphatic rings. The fourth-order valence-corrected chi connectivity index (χ4v) is 3.28. The lowest BCUT2D eigenvalue weighted by Gasteiger charge is -2.11. The van der Waals surface area contributed by atoms with E-state index in [4.69, 9.17) is 16.3 Å². The van der Waals surface area contributed by atoms with Gasteiger partial charge in [-0.2, -0.15) is 5.26 Å². The molecular formula is C27H24ClN3O3. The van der Waals surface area contributed by atoms with Crippen molar-refractivity contribution in [2.24, 2.45) is 0 Å². The second-order valence-electron chi connectivity index (χ2n) is 7.66. The Kier molecular flexibility index (Phi) is 8.44. The van der Waals surface area contributed by atoms with Crippen molar-refractivity contribution in [3.05, 3.63) is 99.6 Å². The van der Waals surface area contributed by atoms with Crippen LogP contribution in [-0.4, -0.2) is 18.4 Å². The monoisotopic (exact) mass is 473 g/mol. The summed E-state index contributed by atoms with van der Waals surface area (Å²) in [4.78, 5) is 24.9. The number of halogens is 1. The Labute approximate surface area is 203 Å². The van der Waals surface area contributed by atoms with Crippen LogP contribution in [0.3, 0.4) is 0 Å². The number of carbonyl (C=O) groups is 2. The zero-order chi connectivity index (χ0) is 24.5. The molecule has 0 heterocycles. The first-order valence-corrected chi connectivity index (χ1v) is 11.0. The highest BCUT2D eigenvalue weighted by molar-refractivity contribution is 6.30. The maximum absolute atomic E-state index is 12.5. The number of nitriles is 1. The number of aryl methyl sites for hydroxylation is 2. The molecule has 0 unspecified atom stereocenters. The van der Waals surface area contributed by atoms with Crippen LogP contribution in [0, 0.1) is 25.2 Å². The third-order valence-corrected chi connectivity index (χ3v) is 5.32. The van der Waals surface area contributed by atoms with Gasteiger partial charge in [0.25, 0.3) is 11.8 Å². The molecule has 0 fully saturated rings. The maximum atomic E-state index is 12.5. The number of anilines is 1. The second-order valence-corrected chi connectivity index (χ2v) is 8.09. The number of amides is 2. The molecule has 2 N–H and O–H groups in total. The summed E-state index contributed by atoms with van der Waals surface area (Å²) in [6, 6.07) is 21.7. The van der Waals surface area contributed by atoms with Crippen LogP contribution >= 0.6 is 11.6 Å². The van der Waals surface area contributed by atoms with Crippen LogP contribution in [0.4, 0.5) is 5.69 Å². The van der Waals surface area contributed by atoms with Crippen LogP contribution < -0.4 is 15.4 Å². The summed E-state index contributed by atoms with van der Waals surface area (Å²) in [6.07, 6.45) is 1.39. The fraction of sp³-hybridized carbons (Fsp3) is 0.148. The van der Waals surface area contributed by atoms with Gasteiger partial charge in [-0.3, -0.25) is 9.59 Å². The van der Waals surface area contributed by atoms with Crippen LogP contribution in [0.15, 0.2) is 72.3 Å². The van der Waals surface area contributed by atoms with Crippen molar-refractivity contribution < 1.29 is 14.3 Å². The van der Waals surface area contributed by atoms with Crippen LogP contribution in [0.25, 0.3) is 6.08 Å². The molecule has 0 aliphatic heterocycles. The number of carbonyl (C=O) groups excluding carboxylic acids is 2. The normalized spacial score (nSPS) is 10.8. The van der Waals surface area contributed by atoms with E-state index in [0.717, 1.165) is 16.7 Å². The van der Waals surface area contributed by atoms with Crippen LogP contribution in [0.2, 0.25) is 5.02 Å². The third-order valence-electron chi connectivity index (χ3n) is 5.08. The number of benzene rings is 3. The highest BCUT2D eigenvalue weighted by Crippen LogP contribution is 2.25. The van der Waals surface area contributed by atoms with E-state index >= 15 is 0 Å². The molecule has 0 bridgehead atoms. The van der Waals surface area contributed by atoms with E-state index in [0.29, 0.717) is 22.0 Å². The SMILES string of the molecule is Cc1ccc(NC(=O)COc2ccc(Cl)cc2/C=C(\C#N)C(=O)NCc2ccccc2)cc1C. The second kappa shape index (κ2) is 11.7. The fourth-order valence-electron chi connectivity index (χ4n) is 3.10. The van der Waals surface area contributed by atoms with Gasteiger partial charge in [-0.25, -0.2) is 0 Å². The molecule has 0 atom stereocenters. The lowest BCUT2D eigenvalue weighted by atomic mass is 10.1. The Morgan fingerprint density at radius 3 is 2.50 bits per heavy atom. The third kappa shape index (κ3) is 6.96. The van der Waals surface area contributed by atoms with Crippen molar-refractivity contribution in [3.63, 3.8) is 0 Å². The number of nitrogens with zero attached hydrogens (tertiary/aromatic N) is 1. The van der Waals surface area contributed by atoms with Crippen molar-refractivity contribution in [1.82, 2.24) is 5.32 Å². The average Bonchev–Trinajstić information content (AvgIpc) is 2.83. The number of hydrogen-bond donors (Lipinski definition) is 2. The molecule has 0 spiro atoms. The quantitative estimate of drug-likeness (QED) is 0.347. The van der Waals surface area contributed by atoms with E-state index in [2.05, 4.69) is 10.6 Å². The Bertz CT molecular complexity index is 1260. The summed E-state index contributed by atoms with van der Waals surface area (Å²) < 4.78 is 5.68. The summed E-state index contributed by atoms with van der Waals surface area (Å²) in [5.74, 6) is -0.540. The van der Waals surface area contributed by atoms with Crippen molar-refractivity contribution >= 4 is 35.2 Å². The molecule has 0 saturated carbocycles. The van der Waals surface area contributed by atoms with E-state index < -0.39 is 5.91 Å². The standard InChI is InChI=1S/C27H24ClN3O3/c1-18-8-10-24(12-19(18)2)31-26(32)17-34-25-11-9-23(28)14-21(25)13-22(15-29)27(33)30-16-20-6-4-3-5-7-20/h3-14H,16-17H2,1-2H3,(H,30,33)(H,31,32)/b22-13+. The summed E-state index contributed by atoms with van der Waals surface area (Å²) in [5, 5.41) is 15.4. The van der Waals surface area contributed by atoms with Crippen LogP contribution in [0.1, 0.15) is 22.3 Å². The minimum atomic E-state index is -0.523. The van der Waals surface area contributed by atoms with E-state index in [1.165, 1.54) is 6.08 Å². The lowest BCUT2D eigenvalue weighted by Crippen LogP contribution is -2.24. The molecule has 6 nitrogen and oxygen atoms in total. The molecule has 2 amide bonds. The molecule has 3 aromatic rings. The van der Waals surface area contributed by atoms with Gasteiger partial charge >= 0.3 is 0 Å². The number of rotatable bonds is 8. The number of nitrogens with one attached hydrogen (secondary N) is 2. The first-order chi connectivity index (χ1) is 16.4. The first kappa shape index (κ1) is 24.6. The molecular weight excluding hydrogens is 450 g/mol.